The van der Waals surface area contributed by atoms with E-state index < -0.39 is 0 Å². The number of allylic oxidation sites excluding steroid dienone is 4. The van der Waals surface area contributed by atoms with Crippen molar-refractivity contribution in [2.75, 3.05) is 0 Å². The Hall–Kier alpha value is -0.850. The van der Waals surface area contributed by atoms with Crippen molar-refractivity contribution in [1.29, 1.82) is 0 Å². The zero-order valence-corrected chi connectivity index (χ0v) is 9.50. The zero-order chi connectivity index (χ0) is 10.7. The van der Waals surface area contributed by atoms with Crippen LogP contribution < -0.4 is 0 Å². The van der Waals surface area contributed by atoms with Crippen molar-refractivity contribution < 1.29 is 4.79 Å². The highest BCUT2D eigenvalue weighted by Crippen LogP contribution is 1.94. The highest BCUT2D eigenvalue weighted by molar-refractivity contribution is 5.92. The molecule has 1 aliphatic rings. The number of ketones is 1. The second kappa shape index (κ2) is 11.2. The van der Waals surface area contributed by atoms with Crippen LogP contribution in [0.4, 0.5) is 0 Å². The Labute approximate surface area is 82.5 Å². The third kappa shape index (κ3) is 18.3. The van der Waals surface area contributed by atoms with Gasteiger partial charge in [0.1, 0.15) is 0 Å². The highest BCUT2D eigenvalue weighted by atomic mass is 16.1. The average Bonchev–Trinajstić information content (AvgIpc) is 2.08. The fraction of sp³-hybridized carbons (Fsp3) is 0.583. The molecule has 1 nitrogen and oxygen atoms in total. The minimum atomic E-state index is 0.197. The average molecular weight is 182 g/mol. The maximum Gasteiger partial charge on any atom is 0.159 e. The highest BCUT2D eigenvalue weighted by Gasteiger charge is 1.92. The van der Waals surface area contributed by atoms with Gasteiger partial charge < -0.3 is 0 Å². The van der Waals surface area contributed by atoms with Gasteiger partial charge in [0.15, 0.2) is 5.78 Å². The molecule has 0 N–H and O–H groups in total. The molecule has 1 heteroatoms. The molecule has 0 saturated heterocycles. The molecule has 0 amide bonds. The summed E-state index contributed by atoms with van der Waals surface area (Å²) in [4.78, 5) is 10.3. The maximum atomic E-state index is 10.3. The van der Waals surface area contributed by atoms with E-state index in [9.17, 15) is 4.79 Å². The van der Waals surface area contributed by atoms with Gasteiger partial charge in [-0.3, -0.25) is 4.79 Å². The van der Waals surface area contributed by atoms with Gasteiger partial charge in [-0.25, -0.2) is 0 Å². The van der Waals surface area contributed by atoms with Crippen LogP contribution >= 0.6 is 0 Å². The molecule has 0 aromatic rings. The van der Waals surface area contributed by atoms with Gasteiger partial charge in [-0.15, -0.1) is 0 Å². The summed E-state index contributed by atoms with van der Waals surface area (Å²) in [6.45, 7) is 10.5. The van der Waals surface area contributed by atoms with E-state index in [-0.39, 0.29) is 5.78 Å². The summed E-state index contributed by atoms with van der Waals surface area (Å²) in [7, 11) is 0. The van der Waals surface area contributed by atoms with Crippen molar-refractivity contribution in [3.63, 3.8) is 0 Å². The molecule has 0 spiro atoms. The Morgan fingerprint density at radius 1 is 1.15 bits per heavy atom. The molecular formula is C12H22O. The lowest BCUT2D eigenvalue weighted by molar-refractivity contribution is -0.113. The van der Waals surface area contributed by atoms with Gasteiger partial charge in [0.05, 0.1) is 0 Å². The maximum absolute atomic E-state index is 10.3. The van der Waals surface area contributed by atoms with Crippen molar-refractivity contribution in [1.82, 2.24) is 0 Å². The molecule has 0 fully saturated rings. The summed E-state index contributed by atoms with van der Waals surface area (Å²) in [5, 5.41) is 0. The van der Waals surface area contributed by atoms with E-state index in [1.165, 1.54) is 0 Å². The molecular weight excluding hydrogens is 160 g/mol. The SMILES string of the molecule is CC.CC(C)C.O=C1C=CC=CC1. The van der Waals surface area contributed by atoms with Gasteiger partial charge in [-0.05, 0) is 12.0 Å². The number of carbonyl (C=O) groups is 1. The summed E-state index contributed by atoms with van der Waals surface area (Å²) >= 11 is 0. The van der Waals surface area contributed by atoms with E-state index in [1.807, 2.05) is 26.0 Å². The van der Waals surface area contributed by atoms with Crippen molar-refractivity contribution in [3.8, 4) is 0 Å². The largest absolute Gasteiger partial charge is 0.295 e. The van der Waals surface area contributed by atoms with Crippen LogP contribution in [0.15, 0.2) is 24.3 Å². The Bertz CT molecular complexity index is 161. The van der Waals surface area contributed by atoms with Crippen LogP contribution in [0.2, 0.25) is 0 Å². The minimum Gasteiger partial charge on any atom is -0.295 e. The molecule has 0 unspecified atom stereocenters. The normalized spacial score (nSPS) is 12.9. The minimum absolute atomic E-state index is 0.197. The number of rotatable bonds is 0. The monoisotopic (exact) mass is 182 g/mol. The van der Waals surface area contributed by atoms with Crippen LogP contribution in [0.5, 0.6) is 0 Å². The van der Waals surface area contributed by atoms with E-state index in [2.05, 4.69) is 20.8 Å². The smallest absolute Gasteiger partial charge is 0.159 e. The molecule has 0 saturated carbocycles. The van der Waals surface area contributed by atoms with E-state index in [4.69, 9.17) is 0 Å². The molecule has 0 heterocycles. The Balaban J connectivity index is 0. The predicted octanol–water partition coefficient (Wildman–Crippen LogP) is 3.76. The van der Waals surface area contributed by atoms with Gasteiger partial charge in [0, 0.05) is 6.42 Å². The number of hydrogen-bond donors (Lipinski definition) is 0. The van der Waals surface area contributed by atoms with Crippen LogP contribution in [0.1, 0.15) is 41.0 Å². The Morgan fingerprint density at radius 3 is 1.77 bits per heavy atom. The zero-order valence-electron chi connectivity index (χ0n) is 9.50. The van der Waals surface area contributed by atoms with Crippen LogP contribution in [-0.2, 0) is 4.79 Å². The Kier molecular flexibility index (Phi) is 12.6. The van der Waals surface area contributed by atoms with Crippen molar-refractivity contribution in [3.05, 3.63) is 24.3 Å². The fourth-order valence-corrected chi connectivity index (χ4v) is 0.494. The summed E-state index contributed by atoms with van der Waals surface area (Å²) in [6, 6.07) is 0. The quantitative estimate of drug-likeness (QED) is 0.557. The first-order valence-electron chi connectivity index (χ1n) is 4.99. The Morgan fingerprint density at radius 2 is 1.62 bits per heavy atom. The molecule has 1 aliphatic carbocycles. The third-order valence-corrected chi connectivity index (χ3v) is 0.848. The van der Waals surface area contributed by atoms with Crippen LogP contribution in [0.3, 0.4) is 0 Å². The first-order chi connectivity index (χ1) is 6.13. The van der Waals surface area contributed by atoms with E-state index in [0.29, 0.717) is 6.42 Å². The molecule has 0 bridgehead atoms. The van der Waals surface area contributed by atoms with Gasteiger partial charge in [-0.2, -0.15) is 0 Å². The molecule has 0 radical (unpaired) electrons. The molecule has 13 heavy (non-hydrogen) atoms. The summed E-state index contributed by atoms with van der Waals surface area (Å²) in [5.41, 5.74) is 0. The van der Waals surface area contributed by atoms with Crippen molar-refractivity contribution >= 4 is 5.78 Å². The molecule has 0 atom stereocenters. The molecule has 1 rings (SSSR count). The van der Waals surface area contributed by atoms with Gasteiger partial charge in [0.2, 0.25) is 0 Å². The second-order valence-electron chi connectivity index (χ2n) is 3.19. The predicted molar refractivity (Wildman–Crippen MR) is 59.8 cm³/mol. The second-order valence-corrected chi connectivity index (χ2v) is 3.19. The standard InChI is InChI=1S/C6H6O.C4H10.C2H6/c7-6-4-2-1-3-5-6;1-4(2)3;1-2/h1-4H,5H2;4H,1-3H3;1-2H3. The van der Waals surface area contributed by atoms with Crippen LogP contribution in [0.25, 0.3) is 0 Å². The molecule has 76 valence electrons. The summed E-state index contributed by atoms with van der Waals surface area (Å²) in [5.74, 6) is 1.03. The topological polar surface area (TPSA) is 17.1 Å². The van der Waals surface area contributed by atoms with E-state index in [1.54, 1.807) is 12.2 Å². The lowest BCUT2D eigenvalue weighted by atomic mass is 10.2. The van der Waals surface area contributed by atoms with Crippen LogP contribution in [0, 0.1) is 5.92 Å². The van der Waals surface area contributed by atoms with Gasteiger partial charge in [0.25, 0.3) is 0 Å². The van der Waals surface area contributed by atoms with Crippen LogP contribution in [-0.4, -0.2) is 5.78 Å². The summed E-state index contributed by atoms with van der Waals surface area (Å²) < 4.78 is 0. The third-order valence-electron chi connectivity index (χ3n) is 0.848. The number of carbonyl (C=O) groups excluding carboxylic acids is 1. The van der Waals surface area contributed by atoms with Crippen molar-refractivity contribution in [2.45, 2.75) is 41.0 Å². The van der Waals surface area contributed by atoms with E-state index >= 15 is 0 Å². The first kappa shape index (κ1) is 14.7. The van der Waals surface area contributed by atoms with E-state index in [0.717, 1.165) is 5.92 Å². The molecule has 0 aromatic heterocycles. The molecule has 0 aliphatic heterocycles. The molecule has 0 aromatic carbocycles. The first-order valence-corrected chi connectivity index (χ1v) is 4.99. The fourth-order valence-electron chi connectivity index (χ4n) is 0.494. The van der Waals surface area contributed by atoms with Crippen molar-refractivity contribution in [2.24, 2.45) is 5.92 Å². The number of hydrogen-bond acceptors (Lipinski definition) is 1. The summed E-state index contributed by atoms with van der Waals surface area (Å²) in [6.07, 6.45) is 7.64. The lowest BCUT2D eigenvalue weighted by Gasteiger charge is -1.88. The van der Waals surface area contributed by atoms with Gasteiger partial charge >= 0.3 is 0 Å². The van der Waals surface area contributed by atoms with Gasteiger partial charge in [-0.1, -0.05) is 52.8 Å². The lowest BCUT2D eigenvalue weighted by Crippen LogP contribution is -1.90.